The standard InChI is InChI=1S/C15H22N4/c1-10(2)17-9-14-6-7-16-15(8-14)19-13(5)11(3)12(4)18-19/h6-8,10,17H,9H2,1-5H3. The minimum Gasteiger partial charge on any atom is -0.310 e. The van der Waals surface area contributed by atoms with E-state index in [1.807, 2.05) is 23.9 Å². The third kappa shape index (κ3) is 3.01. The molecule has 0 saturated heterocycles. The van der Waals surface area contributed by atoms with E-state index in [-0.39, 0.29) is 0 Å². The fourth-order valence-corrected chi connectivity index (χ4v) is 1.95. The van der Waals surface area contributed by atoms with Crippen LogP contribution in [0.25, 0.3) is 5.82 Å². The van der Waals surface area contributed by atoms with Crippen molar-refractivity contribution in [2.24, 2.45) is 0 Å². The van der Waals surface area contributed by atoms with Gasteiger partial charge in [-0.3, -0.25) is 0 Å². The molecule has 0 saturated carbocycles. The molecule has 2 aromatic rings. The molecule has 4 nitrogen and oxygen atoms in total. The molecule has 0 amide bonds. The van der Waals surface area contributed by atoms with Crippen LogP contribution in [-0.4, -0.2) is 20.8 Å². The summed E-state index contributed by atoms with van der Waals surface area (Å²) < 4.78 is 1.92. The Morgan fingerprint density at radius 1 is 1.26 bits per heavy atom. The third-order valence-electron chi connectivity index (χ3n) is 3.39. The lowest BCUT2D eigenvalue weighted by molar-refractivity contribution is 0.588. The number of pyridine rings is 1. The molecule has 102 valence electrons. The first-order valence-corrected chi connectivity index (χ1v) is 6.70. The second-order valence-electron chi connectivity index (χ2n) is 5.27. The van der Waals surface area contributed by atoms with Gasteiger partial charge in [0.25, 0.3) is 0 Å². The lowest BCUT2D eigenvalue weighted by Gasteiger charge is -2.09. The SMILES string of the molecule is Cc1nn(-c2cc(CNC(C)C)ccn2)c(C)c1C. The van der Waals surface area contributed by atoms with Crippen LogP contribution in [0.1, 0.15) is 36.4 Å². The number of nitrogens with one attached hydrogen (secondary N) is 1. The Kier molecular flexibility index (Phi) is 4.00. The summed E-state index contributed by atoms with van der Waals surface area (Å²) in [6, 6.07) is 4.61. The Bertz CT molecular complexity index is 570. The smallest absolute Gasteiger partial charge is 0.153 e. The van der Waals surface area contributed by atoms with Crippen LogP contribution in [0.3, 0.4) is 0 Å². The van der Waals surface area contributed by atoms with Crippen molar-refractivity contribution < 1.29 is 0 Å². The second kappa shape index (κ2) is 5.53. The molecular formula is C15H22N4. The van der Waals surface area contributed by atoms with Crippen LogP contribution < -0.4 is 5.32 Å². The summed E-state index contributed by atoms with van der Waals surface area (Å²) in [4.78, 5) is 4.42. The Hall–Kier alpha value is -1.68. The molecule has 2 heterocycles. The Labute approximate surface area is 114 Å². The van der Waals surface area contributed by atoms with Gasteiger partial charge in [0.15, 0.2) is 5.82 Å². The lowest BCUT2D eigenvalue weighted by Crippen LogP contribution is -2.22. The lowest BCUT2D eigenvalue weighted by atomic mass is 10.2. The van der Waals surface area contributed by atoms with E-state index in [1.165, 1.54) is 11.1 Å². The molecule has 0 aliphatic carbocycles. The normalized spacial score (nSPS) is 11.3. The summed E-state index contributed by atoms with van der Waals surface area (Å²) in [5.41, 5.74) is 4.67. The molecule has 0 radical (unpaired) electrons. The first-order chi connectivity index (χ1) is 8.99. The molecule has 0 spiro atoms. The highest BCUT2D eigenvalue weighted by Gasteiger charge is 2.10. The Balaban J connectivity index is 2.30. The summed E-state index contributed by atoms with van der Waals surface area (Å²) in [5, 5.41) is 7.96. The van der Waals surface area contributed by atoms with Crippen LogP contribution in [0.4, 0.5) is 0 Å². The number of nitrogens with zero attached hydrogens (tertiary/aromatic N) is 3. The van der Waals surface area contributed by atoms with Gasteiger partial charge in [0, 0.05) is 24.5 Å². The summed E-state index contributed by atoms with van der Waals surface area (Å²) in [6.07, 6.45) is 1.85. The van der Waals surface area contributed by atoms with Gasteiger partial charge < -0.3 is 5.32 Å². The Morgan fingerprint density at radius 2 is 2.00 bits per heavy atom. The van der Waals surface area contributed by atoms with Gasteiger partial charge in [-0.15, -0.1) is 0 Å². The fraction of sp³-hybridized carbons (Fsp3) is 0.467. The van der Waals surface area contributed by atoms with Gasteiger partial charge in [-0.1, -0.05) is 13.8 Å². The van der Waals surface area contributed by atoms with Crippen LogP contribution in [0.15, 0.2) is 18.3 Å². The van der Waals surface area contributed by atoms with Crippen molar-refractivity contribution in [2.75, 3.05) is 0 Å². The van der Waals surface area contributed by atoms with Crippen molar-refractivity contribution in [1.29, 1.82) is 0 Å². The number of hydrogen-bond acceptors (Lipinski definition) is 3. The van der Waals surface area contributed by atoms with Gasteiger partial charge in [-0.2, -0.15) is 5.10 Å². The van der Waals surface area contributed by atoms with E-state index in [0.29, 0.717) is 6.04 Å². The summed E-state index contributed by atoms with van der Waals surface area (Å²) in [7, 11) is 0. The number of rotatable bonds is 4. The van der Waals surface area contributed by atoms with Crippen LogP contribution in [-0.2, 0) is 6.54 Å². The van der Waals surface area contributed by atoms with Crippen molar-refractivity contribution in [3.63, 3.8) is 0 Å². The predicted molar refractivity (Wildman–Crippen MR) is 77.5 cm³/mol. The first kappa shape index (κ1) is 13.7. The van der Waals surface area contributed by atoms with Crippen LogP contribution in [0.5, 0.6) is 0 Å². The maximum absolute atomic E-state index is 4.55. The van der Waals surface area contributed by atoms with E-state index in [4.69, 9.17) is 0 Å². The monoisotopic (exact) mass is 258 g/mol. The van der Waals surface area contributed by atoms with E-state index >= 15 is 0 Å². The predicted octanol–water partition coefficient (Wildman–Crippen LogP) is 2.69. The highest BCUT2D eigenvalue weighted by molar-refractivity contribution is 5.33. The molecule has 0 aliphatic rings. The van der Waals surface area contributed by atoms with Crippen LogP contribution in [0, 0.1) is 20.8 Å². The van der Waals surface area contributed by atoms with E-state index in [2.05, 4.69) is 49.2 Å². The third-order valence-corrected chi connectivity index (χ3v) is 3.39. The minimum atomic E-state index is 0.479. The summed E-state index contributed by atoms with van der Waals surface area (Å²) in [6.45, 7) is 11.3. The minimum absolute atomic E-state index is 0.479. The maximum Gasteiger partial charge on any atom is 0.153 e. The van der Waals surface area contributed by atoms with Crippen molar-refractivity contribution in [3.05, 3.63) is 40.8 Å². The second-order valence-corrected chi connectivity index (χ2v) is 5.27. The average molecular weight is 258 g/mol. The van der Waals surface area contributed by atoms with Crippen LogP contribution in [0.2, 0.25) is 0 Å². The molecule has 0 aliphatic heterocycles. The van der Waals surface area contributed by atoms with Gasteiger partial charge in [0.2, 0.25) is 0 Å². The zero-order chi connectivity index (χ0) is 14.0. The van der Waals surface area contributed by atoms with Crippen molar-refractivity contribution in [3.8, 4) is 5.82 Å². The summed E-state index contributed by atoms with van der Waals surface area (Å²) >= 11 is 0. The van der Waals surface area contributed by atoms with E-state index < -0.39 is 0 Å². The fourth-order valence-electron chi connectivity index (χ4n) is 1.95. The molecular weight excluding hydrogens is 236 g/mol. The molecule has 1 N–H and O–H groups in total. The average Bonchev–Trinajstić information content (AvgIpc) is 2.64. The van der Waals surface area contributed by atoms with Crippen molar-refractivity contribution >= 4 is 0 Å². The molecule has 0 atom stereocenters. The van der Waals surface area contributed by atoms with Gasteiger partial charge in [-0.05, 0) is 44.0 Å². The van der Waals surface area contributed by atoms with E-state index in [1.54, 1.807) is 0 Å². The molecule has 19 heavy (non-hydrogen) atoms. The maximum atomic E-state index is 4.55. The number of aromatic nitrogens is 3. The van der Waals surface area contributed by atoms with Gasteiger partial charge in [-0.25, -0.2) is 9.67 Å². The quantitative estimate of drug-likeness (QED) is 0.917. The molecule has 4 heteroatoms. The van der Waals surface area contributed by atoms with Crippen LogP contribution >= 0.6 is 0 Å². The zero-order valence-electron chi connectivity index (χ0n) is 12.4. The highest BCUT2D eigenvalue weighted by Crippen LogP contribution is 2.16. The topological polar surface area (TPSA) is 42.7 Å². The first-order valence-electron chi connectivity index (χ1n) is 6.70. The van der Waals surface area contributed by atoms with Gasteiger partial charge in [0.1, 0.15) is 0 Å². The Morgan fingerprint density at radius 3 is 2.58 bits per heavy atom. The van der Waals surface area contributed by atoms with E-state index in [0.717, 1.165) is 23.8 Å². The number of aryl methyl sites for hydroxylation is 1. The molecule has 2 rings (SSSR count). The molecule has 0 unspecified atom stereocenters. The van der Waals surface area contributed by atoms with Gasteiger partial charge in [0.05, 0.1) is 5.69 Å². The molecule has 0 bridgehead atoms. The zero-order valence-corrected chi connectivity index (χ0v) is 12.4. The molecule has 2 aromatic heterocycles. The largest absolute Gasteiger partial charge is 0.310 e. The van der Waals surface area contributed by atoms with Crippen molar-refractivity contribution in [2.45, 2.75) is 47.2 Å². The van der Waals surface area contributed by atoms with E-state index in [9.17, 15) is 0 Å². The molecule has 0 aromatic carbocycles. The highest BCUT2D eigenvalue weighted by atomic mass is 15.3. The van der Waals surface area contributed by atoms with Crippen molar-refractivity contribution in [1.82, 2.24) is 20.1 Å². The molecule has 0 fully saturated rings. The summed E-state index contributed by atoms with van der Waals surface area (Å²) in [5.74, 6) is 0.886. The van der Waals surface area contributed by atoms with Gasteiger partial charge >= 0.3 is 0 Å². The number of hydrogen-bond donors (Lipinski definition) is 1.